The molecule has 0 unspecified atom stereocenters. The van der Waals surface area contributed by atoms with Gasteiger partial charge < -0.3 is 14.6 Å². The first-order valence-electron chi connectivity index (χ1n) is 9.39. The maximum absolute atomic E-state index is 12.5. The average molecular weight is 438 g/mol. The summed E-state index contributed by atoms with van der Waals surface area (Å²) in [6.45, 7) is 0.628. The Hall–Kier alpha value is -2.96. The van der Waals surface area contributed by atoms with Gasteiger partial charge >= 0.3 is 0 Å². The average Bonchev–Trinajstić information content (AvgIpc) is 3.10. The second-order valence-electron chi connectivity index (χ2n) is 6.66. The van der Waals surface area contributed by atoms with Crippen LogP contribution in [0.15, 0.2) is 78.0 Å². The molecule has 1 aromatic heterocycles. The van der Waals surface area contributed by atoms with Gasteiger partial charge in [0.15, 0.2) is 5.16 Å². The standard InChI is InChI=1S/C23H20ClN3O2S/c1-29-19-11-9-18(10-12-19)25-22(28)15-30-23-26-20-7-2-3-8-21(20)27(23)14-16-5-4-6-17(24)13-16/h2-13H,14-15H2,1H3,(H,25,28). The van der Waals surface area contributed by atoms with Gasteiger partial charge in [-0.15, -0.1) is 0 Å². The van der Waals surface area contributed by atoms with Crippen LogP contribution in [-0.2, 0) is 11.3 Å². The largest absolute Gasteiger partial charge is 0.497 e. The third-order valence-corrected chi connectivity index (χ3v) is 5.77. The molecule has 1 heterocycles. The molecule has 4 rings (SSSR count). The van der Waals surface area contributed by atoms with E-state index in [1.165, 1.54) is 11.8 Å². The van der Waals surface area contributed by atoms with Crippen molar-refractivity contribution in [3.05, 3.63) is 83.4 Å². The Morgan fingerprint density at radius 2 is 1.90 bits per heavy atom. The van der Waals surface area contributed by atoms with E-state index in [0.717, 1.165) is 33.2 Å². The highest BCUT2D eigenvalue weighted by atomic mass is 35.5. The van der Waals surface area contributed by atoms with E-state index in [2.05, 4.69) is 9.88 Å². The van der Waals surface area contributed by atoms with Gasteiger partial charge in [-0.2, -0.15) is 0 Å². The quantitative estimate of drug-likeness (QED) is 0.389. The van der Waals surface area contributed by atoms with Gasteiger partial charge in [-0.25, -0.2) is 4.98 Å². The number of anilines is 1. The molecule has 152 valence electrons. The Labute approximate surface area is 184 Å². The van der Waals surface area contributed by atoms with Crippen LogP contribution >= 0.6 is 23.4 Å². The zero-order valence-corrected chi connectivity index (χ0v) is 17.9. The molecule has 30 heavy (non-hydrogen) atoms. The van der Waals surface area contributed by atoms with Crippen molar-refractivity contribution in [1.82, 2.24) is 9.55 Å². The van der Waals surface area contributed by atoms with Crippen molar-refractivity contribution in [1.29, 1.82) is 0 Å². The summed E-state index contributed by atoms with van der Waals surface area (Å²) in [6.07, 6.45) is 0. The highest BCUT2D eigenvalue weighted by Crippen LogP contribution is 2.26. The van der Waals surface area contributed by atoms with Crippen molar-refractivity contribution < 1.29 is 9.53 Å². The van der Waals surface area contributed by atoms with Gasteiger partial charge in [-0.1, -0.05) is 47.6 Å². The molecule has 0 aliphatic heterocycles. The van der Waals surface area contributed by atoms with Gasteiger partial charge in [-0.05, 0) is 54.1 Å². The number of hydrogen-bond acceptors (Lipinski definition) is 4. The van der Waals surface area contributed by atoms with Gasteiger partial charge in [0.25, 0.3) is 0 Å². The molecule has 0 fully saturated rings. The maximum Gasteiger partial charge on any atom is 0.234 e. The summed E-state index contributed by atoms with van der Waals surface area (Å²) in [5, 5.41) is 4.40. The number of imidazole rings is 1. The number of methoxy groups -OCH3 is 1. The summed E-state index contributed by atoms with van der Waals surface area (Å²) in [7, 11) is 1.61. The van der Waals surface area contributed by atoms with Crippen molar-refractivity contribution in [2.24, 2.45) is 0 Å². The molecule has 0 aliphatic rings. The molecule has 0 bridgehead atoms. The van der Waals surface area contributed by atoms with E-state index in [1.807, 2.05) is 72.8 Å². The fraction of sp³-hybridized carbons (Fsp3) is 0.130. The fourth-order valence-corrected chi connectivity index (χ4v) is 4.16. The predicted molar refractivity (Wildman–Crippen MR) is 123 cm³/mol. The molecule has 0 spiro atoms. The molecular formula is C23H20ClN3O2S. The first kappa shape index (κ1) is 20.3. The lowest BCUT2D eigenvalue weighted by molar-refractivity contribution is -0.113. The summed E-state index contributed by atoms with van der Waals surface area (Å²) < 4.78 is 7.26. The van der Waals surface area contributed by atoms with Crippen LogP contribution in [0, 0.1) is 0 Å². The molecule has 0 atom stereocenters. The topological polar surface area (TPSA) is 56.1 Å². The lowest BCUT2D eigenvalue weighted by atomic mass is 10.2. The lowest BCUT2D eigenvalue weighted by Gasteiger charge is -2.10. The van der Waals surface area contributed by atoms with Gasteiger partial charge in [0, 0.05) is 10.7 Å². The minimum atomic E-state index is -0.0912. The molecule has 4 aromatic rings. The van der Waals surface area contributed by atoms with Crippen LogP contribution in [0.3, 0.4) is 0 Å². The zero-order chi connectivity index (χ0) is 20.9. The van der Waals surface area contributed by atoms with E-state index in [9.17, 15) is 4.79 Å². The van der Waals surface area contributed by atoms with E-state index < -0.39 is 0 Å². The van der Waals surface area contributed by atoms with Crippen molar-refractivity contribution in [3.8, 4) is 5.75 Å². The SMILES string of the molecule is COc1ccc(NC(=O)CSc2nc3ccccc3n2Cc2cccc(Cl)c2)cc1. The molecule has 5 nitrogen and oxygen atoms in total. The van der Waals surface area contributed by atoms with E-state index in [1.54, 1.807) is 7.11 Å². The number of carbonyl (C=O) groups is 1. The second-order valence-corrected chi connectivity index (χ2v) is 8.04. The zero-order valence-electron chi connectivity index (χ0n) is 16.3. The summed E-state index contributed by atoms with van der Waals surface area (Å²) in [5.74, 6) is 0.911. The molecule has 1 amide bonds. The monoisotopic (exact) mass is 437 g/mol. The van der Waals surface area contributed by atoms with Crippen LogP contribution in [0.4, 0.5) is 5.69 Å². The number of rotatable bonds is 7. The Balaban J connectivity index is 1.51. The number of halogens is 1. The van der Waals surface area contributed by atoms with Gasteiger partial charge in [-0.3, -0.25) is 4.79 Å². The smallest absolute Gasteiger partial charge is 0.234 e. The third kappa shape index (κ3) is 4.78. The molecule has 3 aromatic carbocycles. The minimum Gasteiger partial charge on any atom is -0.497 e. The first-order chi connectivity index (χ1) is 14.6. The number of para-hydroxylation sites is 2. The molecule has 0 aliphatic carbocycles. The lowest BCUT2D eigenvalue weighted by Crippen LogP contribution is -2.14. The van der Waals surface area contributed by atoms with Gasteiger partial charge in [0.05, 0.1) is 30.4 Å². The van der Waals surface area contributed by atoms with Crippen molar-refractivity contribution in [3.63, 3.8) is 0 Å². The number of carbonyl (C=O) groups excluding carboxylic acids is 1. The van der Waals surface area contributed by atoms with Crippen LogP contribution in [0.2, 0.25) is 5.02 Å². The van der Waals surface area contributed by atoms with E-state index in [4.69, 9.17) is 21.3 Å². The first-order valence-corrected chi connectivity index (χ1v) is 10.7. The van der Waals surface area contributed by atoms with Gasteiger partial charge in [0.1, 0.15) is 5.75 Å². The predicted octanol–water partition coefficient (Wildman–Crippen LogP) is 5.48. The highest BCUT2D eigenvalue weighted by molar-refractivity contribution is 7.99. The molecule has 0 saturated carbocycles. The van der Waals surface area contributed by atoms with E-state index in [-0.39, 0.29) is 11.7 Å². The number of nitrogens with one attached hydrogen (secondary N) is 1. The number of thioether (sulfide) groups is 1. The van der Waals surface area contributed by atoms with Crippen molar-refractivity contribution >= 4 is 46.0 Å². The molecule has 0 saturated heterocycles. The molecule has 0 radical (unpaired) electrons. The summed E-state index contributed by atoms with van der Waals surface area (Å²) in [4.78, 5) is 17.2. The normalized spacial score (nSPS) is 10.9. The van der Waals surface area contributed by atoms with Crippen LogP contribution in [0.25, 0.3) is 11.0 Å². The number of amides is 1. The maximum atomic E-state index is 12.5. The number of ether oxygens (including phenoxy) is 1. The molecular weight excluding hydrogens is 418 g/mol. The number of nitrogens with zero attached hydrogens (tertiary/aromatic N) is 2. The Morgan fingerprint density at radius 3 is 2.67 bits per heavy atom. The number of hydrogen-bond donors (Lipinski definition) is 1. The Bertz CT molecular complexity index is 1170. The van der Waals surface area contributed by atoms with Crippen LogP contribution in [-0.4, -0.2) is 28.3 Å². The number of fused-ring (bicyclic) bond motifs is 1. The minimum absolute atomic E-state index is 0.0912. The van der Waals surface area contributed by atoms with Crippen LogP contribution < -0.4 is 10.1 Å². The Kier molecular flexibility index (Phi) is 6.26. The van der Waals surface area contributed by atoms with Crippen molar-refractivity contribution in [2.45, 2.75) is 11.7 Å². The molecule has 7 heteroatoms. The van der Waals surface area contributed by atoms with E-state index in [0.29, 0.717) is 11.6 Å². The number of benzene rings is 3. The number of aromatic nitrogens is 2. The highest BCUT2D eigenvalue weighted by Gasteiger charge is 2.14. The summed E-state index contributed by atoms with van der Waals surface area (Å²) in [6, 6.07) is 23.0. The van der Waals surface area contributed by atoms with Crippen LogP contribution in [0.5, 0.6) is 5.75 Å². The van der Waals surface area contributed by atoms with Gasteiger partial charge in [0.2, 0.25) is 5.91 Å². The third-order valence-electron chi connectivity index (χ3n) is 4.56. The van der Waals surface area contributed by atoms with Crippen molar-refractivity contribution in [2.75, 3.05) is 18.2 Å². The fourth-order valence-electron chi connectivity index (χ4n) is 3.14. The summed E-state index contributed by atoms with van der Waals surface area (Å²) in [5.41, 5.74) is 3.73. The Morgan fingerprint density at radius 1 is 1.10 bits per heavy atom. The second kappa shape index (κ2) is 9.24. The van der Waals surface area contributed by atoms with E-state index >= 15 is 0 Å². The van der Waals surface area contributed by atoms with Crippen LogP contribution in [0.1, 0.15) is 5.56 Å². The molecule has 1 N–H and O–H groups in total. The summed E-state index contributed by atoms with van der Waals surface area (Å²) >= 11 is 7.56.